The molecule has 2 N–H and O–H groups in total. The average molecular weight is 277 g/mol. The minimum Gasteiger partial charge on any atom is -0.396 e. The molecule has 0 saturated carbocycles. The maximum absolute atomic E-state index is 11.6. The van der Waals surface area contributed by atoms with Crippen LogP contribution in [0.15, 0.2) is 12.1 Å². The lowest BCUT2D eigenvalue weighted by Crippen LogP contribution is -2.25. The predicted molar refractivity (Wildman–Crippen MR) is 70.6 cm³/mol. The van der Waals surface area contributed by atoms with E-state index >= 15 is 0 Å². The van der Waals surface area contributed by atoms with Gasteiger partial charge in [0.25, 0.3) is 0 Å². The van der Waals surface area contributed by atoms with E-state index in [4.69, 9.17) is 5.11 Å². The van der Waals surface area contributed by atoms with Crippen molar-refractivity contribution in [2.24, 2.45) is 0 Å². The summed E-state index contributed by atoms with van der Waals surface area (Å²) in [5.74, 6) is 0.0829. The minimum absolute atomic E-state index is 0.0420. The highest BCUT2D eigenvalue weighted by Gasteiger charge is 2.09. The zero-order chi connectivity index (χ0) is 12.7. The second-order valence-electron chi connectivity index (χ2n) is 3.79. The number of hydrogen-bond acceptors (Lipinski definition) is 4. The Kier molecular flexibility index (Phi) is 6.11. The molecule has 1 aromatic heterocycles. The van der Waals surface area contributed by atoms with E-state index in [0.29, 0.717) is 19.4 Å². The first kappa shape index (κ1) is 14.6. The molecule has 0 bridgehead atoms. The second kappa shape index (κ2) is 7.10. The van der Waals surface area contributed by atoms with Crippen molar-refractivity contribution in [2.45, 2.75) is 32.7 Å². The molecule has 6 heteroatoms. The van der Waals surface area contributed by atoms with E-state index in [2.05, 4.69) is 11.6 Å². The third-order valence-corrected chi connectivity index (χ3v) is 4.99. The molecule has 98 valence electrons. The first-order valence-corrected chi connectivity index (χ1v) is 8.20. The SMILES string of the molecule is CCc1ccc(CNS(=O)(=O)CCCCO)s1. The van der Waals surface area contributed by atoms with Gasteiger partial charge in [0.15, 0.2) is 0 Å². The Hall–Kier alpha value is -0.430. The Balaban J connectivity index is 2.38. The summed E-state index contributed by atoms with van der Waals surface area (Å²) < 4.78 is 25.7. The fourth-order valence-corrected chi connectivity index (χ4v) is 3.46. The van der Waals surface area contributed by atoms with Gasteiger partial charge in [0.2, 0.25) is 10.0 Å². The predicted octanol–water partition coefficient (Wildman–Crippen LogP) is 1.50. The molecular formula is C11H19NO3S2. The number of nitrogens with one attached hydrogen (secondary N) is 1. The number of sulfonamides is 1. The number of aryl methyl sites for hydroxylation is 1. The summed E-state index contributed by atoms with van der Waals surface area (Å²) in [6.45, 7) is 2.49. The van der Waals surface area contributed by atoms with Crippen LogP contribution >= 0.6 is 11.3 Å². The quantitative estimate of drug-likeness (QED) is 0.708. The van der Waals surface area contributed by atoms with Crippen molar-refractivity contribution in [3.8, 4) is 0 Å². The summed E-state index contributed by atoms with van der Waals surface area (Å²) >= 11 is 1.63. The van der Waals surface area contributed by atoms with E-state index in [0.717, 1.165) is 11.3 Å². The Morgan fingerprint density at radius 3 is 2.59 bits per heavy atom. The van der Waals surface area contributed by atoms with Gasteiger partial charge in [0, 0.05) is 22.9 Å². The minimum atomic E-state index is -3.20. The topological polar surface area (TPSA) is 66.4 Å². The van der Waals surface area contributed by atoms with Gasteiger partial charge < -0.3 is 5.11 Å². The lowest BCUT2D eigenvalue weighted by Gasteiger charge is -2.04. The summed E-state index contributed by atoms with van der Waals surface area (Å²) in [5, 5.41) is 8.59. The number of aliphatic hydroxyl groups excluding tert-OH is 1. The Morgan fingerprint density at radius 1 is 1.29 bits per heavy atom. The average Bonchev–Trinajstić information content (AvgIpc) is 2.75. The summed E-state index contributed by atoms with van der Waals surface area (Å²) in [4.78, 5) is 2.30. The van der Waals surface area contributed by atoms with Crippen LogP contribution in [0.2, 0.25) is 0 Å². The first-order valence-electron chi connectivity index (χ1n) is 5.73. The maximum Gasteiger partial charge on any atom is 0.211 e. The van der Waals surface area contributed by atoms with Gasteiger partial charge >= 0.3 is 0 Å². The highest BCUT2D eigenvalue weighted by Crippen LogP contribution is 2.16. The molecule has 17 heavy (non-hydrogen) atoms. The molecule has 1 aromatic rings. The Bertz CT molecular complexity index is 426. The van der Waals surface area contributed by atoms with Crippen LogP contribution in [0.25, 0.3) is 0 Å². The molecule has 0 aliphatic carbocycles. The van der Waals surface area contributed by atoms with Gasteiger partial charge in [0.05, 0.1) is 5.75 Å². The van der Waals surface area contributed by atoms with Crippen LogP contribution in [-0.4, -0.2) is 25.9 Å². The van der Waals surface area contributed by atoms with Crippen LogP contribution in [0.4, 0.5) is 0 Å². The molecule has 0 spiro atoms. The zero-order valence-electron chi connectivity index (χ0n) is 9.98. The Morgan fingerprint density at radius 2 is 2.00 bits per heavy atom. The third kappa shape index (κ3) is 5.63. The molecule has 0 atom stereocenters. The molecule has 0 radical (unpaired) electrons. The lowest BCUT2D eigenvalue weighted by atomic mass is 10.4. The van der Waals surface area contributed by atoms with Crippen LogP contribution in [0, 0.1) is 0 Å². The molecule has 0 aliphatic rings. The maximum atomic E-state index is 11.6. The van der Waals surface area contributed by atoms with Crippen molar-refractivity contribution in [1.82, 2.24) is 4.72 Å². The van der Waals surface area contributed by atoms with Crippen molar-refractivity contribution >= 4 is 21.4 Å². The highest BCUT2D eigenvalue weighted by atomic mass is 32.2. The largest absolute Gasteiger partial charge is 0.396 e. The third-order valence-electron chi connectivity index (χ3n) is 2.35. The van der Waals surface area contributed by atoms with Crippen molar-refractivity contribution in [1.29, 1.82) is 0 Å². The van der Waals surface area contributed by atoms with Crippen molar-refractivity contribution < 1.29 is 13.5 Å². The van der Waals surface area contributed by atoms with E-state index in [-0.39, 0.29) is 12.4 Å². The number of hydrogen-bond donors (Lipinski definition) is 2. The summed E-state index contributed by atoms with van der Waals surface area (Å²) in [6.07, 6.45) is 2.00. The zero-order valence-corrected chi connectivity index (χ0v) is 11.6. The summed E-state index contributed by atoms with van der Waals surface area (Å²) in [7, 11) is -3.20. The monoisotopic (exact) mass is 277 g/mol. The van der Waals surface area contributed by atoms with Crippen LogP contribution in [0.1, 0.15) is 29.5 Å². The van der Waals surface area contributed by atoms with E-state index in [1.165, 1.54) is 4.88 Å². The summed E-state index contributed by atoms with van der Waals surface area (Å²) in [5.41, 5.74) is 0. The number of rotatable bonds is 8. The van der Waals surface area contributed by atoms with Crippen LogP contribution in [0.3, 0.4) is 0 Å². The van der Waals surface area contributed by atoms with Crippen molar-refractivity contribution in [3.05, 3.63) is 21.9 Å². The van der Waals surface area contributed by atoms with Gasteiger partial charge in [-0.1, -0.05) is 6.92 Å². The lowest BCUT2D eigenvalue weighted by molar-refractivity contribution is 0.287. The van der Waals surface area contributed by atoms with E-state index < -0.39 is 10.0 Å². The van der Waals surface area contributed by atoms with Crippen molar-refractivity contribution in [2.75, 3.05) is 12.4 Å². The van der Waals surface area contributed by atoms with Crippen molar-refractivity contribution in [3.63, 3.8) is 0 Å². The molecule has 0 aromatic carbocycles. The van der Waals surface area contributed by atoms with Crippen LogP contribution in [0.5, 0.6) is 0 Å². The second-order valence-corrected chi connectivity index (χ2v) is 6.97. The first-order chi connectivity index (χ1) is 8.07. The van der Waals surface area contributed by atoms with Gasteiger partial charge in [0.1, 0.15) is 0 Å². The molecule has 4 nitrogen and oxygen atoms in total. The normalized spacial score (nSPS) is 11.9. The molecule has 0 unspecified atom stereocenters. The van der Waals surface area contributed by atoms with E-state index in [9.17, 15) is 8.42 Å². The molecular weight excluding hydrogens is 258 g/mol. The van der Waals surface area contributed by atoms with Gasteiger partial charge in [-0.25, -0.2) is 13.1 Å². The van der Waals surface area contributed by atoms with E-state index in [1.54, 1.807) is 11.3 Å². The highest BCUT2D eigenvalue weighted by molar-refractivity contribution is 7.89. The fourth-order valence-electron chi connectivity index (χ4n) is 1.36. The molecule has 1 heterocycles. The Labute approximate surface area is 107 Å². The van der Waals surface area contributed by atoms with E-state index in [1.807, 2.05) is 12.1 Å². The number of thiophene rings is 1. The summed E-state index contributed by atoms with van der Waals surface area (Å²) in [6, 6.07) is 3.99. The number of unbranched alkanes of at least 4 members (excludes halogenated alkanes) is 1. The molecule has 0 aliphatic heterocycles. The molecule has 1 rings (SSSR count). The molecule has 0 saturated heterocycles. The van der Waals surface area contributed by atoms with Crippen LogP contribution < -0.4 is 4.72 Å². The fraction of sp³-hybridized carbons (Fsp3) is 0.636. The van der Waals surface area contributed by atoms with Crippen LogP contribution in [-0.2, 0) is 23.0 Å². The van der Waals surface area contributed by atoms with Gasteiger partial charge in [-0.3, -0.25) is 0 Å². The molecule has 0 amide bonds. The van der Waals surface area contributed by atoms with Gasteiger partial charge in [-0.2, -0.15) is 0 Å². The number of aliphatic hydroxyl groups is 1. The standard InChI is InChI=1S/C11H19NO3S2/c1-2-10-5-6-11(16-10)9-12-17(14,15)8-4-3-7-13/h5-6,12-13H,2-4,7-9H2,1H3. The van der Waals surface area contributed by atoms with Gasteiger partial charge in [-0.05, 0) is 31.4 Å². The smallest absolute Gasteiger partial charge is 0.211 e. The van der Waals surface area contributed by atoms with Gasteiger partial charge in [-0.15, -0.1) is 11.3 Å². The molecule has 0 fully saturated rings.